The third kappa shape index (κ3) is 4.56. The molecule has 0 fully saturated rings. The van der Waals surface area contributed by atoms with Gasteiger partial charge >= 0.3 is 5.97 Å². The van der Waals surface area contributed by atoms with Crippen LogP contribution in [0.1, 0.15) is 15.9 Å². The van der Waals surface area contributed by atoms with Crippen molar-refractivity contribution >= 4 is 27.8 Å². The standard InChI is InChI=1S/C17H16BrNO4/c1-23-17(22)14(9-11-5-3-2-4-6-11)19-16(21)13-8-7-12(18)10-15(13)20/h2-8,10,14,20H,9H2,1H3,(H,19,21)/t14-/m0/s1. The summed E-state index contributed by atoms with van der Waals surface area (Å²) in [6, 6.07) is 13.0. The van der Waals surface area contributed by atoms with Gasteiger partial charge in [0.15, 0.2) is 0 Å². The molecule has 5 nitrogen and oxygen atoms in total. The van der Waals surface area contributed by atoms with E-state index >= 15 is 0 Å². The van der Waals surface area contributed by atoms with Crippen molar-refractivity contribution in [3.05, 3.63) is 64.1 Å². The zero-order chi connectivity index (χ0) is 16.8. The maximum atomic E-state index is 12.3. The number of nitrogens with one attached hydrogen (secondary N) is 1. The molecule has 2 aromatic rings. The monoisotopic (exact) mass is 377 g/mol. The Balaban J connectivity index is 2.17. The number of amides is 1. The van der Waals surface area contributed by atoms with Gasteiger partial charge < -0.3 is 15.2 Å². The van der Waals surface area contributed by atoms with Gasteiger partial charge in [0.05, 0.1) is 12.7 Å². The van der Waals surface area contributed by atoms with E-state index in [0.29, 0.717) is 10.9 Å². The second kappa shape index (κ2) is 7.78. The molecule has 0 saturated heterocycles. The van der Waals surface area contributed by atoms with Crippen molar-refractivity contribution in [3.8, 4) is 5.75 Å². The van der Waals surface area contributed by atoms with Crippen molar-refractivity contribution < 1.29 is 19.4 Å². The number of esters is 1. The van der Waals surface area contributed by atoms with Crippen molar-refractivity contribution in [2.24, 2.45) is 0 Å². The molecule has 0 heterocycles. The van der Waals surface area contributed by atoms with Crippen molar-refractivity contribution in [1.82, 2.24) is 5.32 Å². The minimum Gasteiger partial charge on any atom is -0.507 e. The number of phenols is 1. The topological polar surface area (TPSA) is 75.6 Å². The van der Waals surface area contributed by atoms with E-state index in [0.717, 1.165) is 5.56 Å². The van der Waals surface area contributed by atoms with Crippen LogP contribution in [0.3, 0.4) is 0 Å². The average Bonchev–Trinajstić information content (AvgIpc) is 2.54. The van der Waals surface area contributed by atoms with Crippen molar-refractivity contribution in [3.63, 3.8) is 0 Å². The second-order valence-corrected chi connectivity index (χ2v) is 5.82. The number of halogens is 1. The van der Waals surface area contributed by atoms with Gasteiger partial charge in [-0.05, 0) is 23.8 Å². The zero-order valence-electron chi connectivity index (χ0n) is 12.5. The van der Waals surface area contributed by atoms with E-state index in [9.17, 15) is 14.7 Å². The van der Waals surface area contributed by atoms with Crippen LogP contribution >= 0.6 is 15.9 Å². The molecule has 0 aliphatic rings. The molecule has 0 aliphatic heterocycles. The van der Waals surface area contributed by atoms with Gasteiger partial charge in [0, 0.05) is 10.9 Å². The lowest BCUT2D eigenvalue weighted by atomic mass is 10.1. The van der Waals surface area contributed by atoms with Crippen molar-refractivity contribution in [2.75, 3.05) is 7.11 Å². The Kier molecular flexibility index (Phi) is 5.76. The molecule has 23 heavy (non-hydrogen) atoms. The first-order valence-corrected chi connectivity index (χ1v) is 7.71. The van der Waals surface area contributed by atoms with Crippen LogP contribution in [0.25, 0.3) is 0 Å². The SMILES string of the molecule is COC(=O)[C@H](Cc1ccccc1)NC(=O)c1ccc(Br)cc1O. The summed E-state index contributed by atoms with van der Waals surface area (Å²) in [5.74, 6) is -1.25. The third-order valence-electron chi connectivity index (χ3n) is 3.28. The predicted octanol–water partition coefficient (Wildman–Crippen LogP) is 2.67. The predicted molar refractivity (Wildman–Crippen MR) is 89.2 cm³/mol. The number of benzene rings is 2. The lowest BCUT2D eigenvalue weighted by Gasteiger charge is -2.17. The van der Waals surface area contributed by atoms with E-state index in [1.165, 1.54) is 19.2 Å². The van der Waals surface area contributed by atoms with E-state index in [-0.39, 0.29) is 11.3 Å². The maximum absolute atomic E-state index is 12.3. The van der Waals surface area contributed by atoms with Gasteiger partial charge in [-0.25, -0.2) is 4.79 Å². The Hall–Kier alpha value is -2.34. The van der Waals surface area contributed by atoms with Gasteiger partial charge in [0.2, 0.25) is 0 Å². The van der Waals surface area contributed by atoms with Crippen LogP contribution in [0.4, 0.5) is 0 Å². The van der Waals surface area contributed by atoms with Gasteiger partial charge in [-0.15, -0.1) is 0 Å². The highest BCUT2D eigenvalue weighted by atomic mass is 79.9. The molecule has 0 spiro atoms. The normalized spacial score (nSPS) is 11.6. The quantitative estimate of drug-likeness (QED) is 0.785. The summed E-state index contributed by atoms with van der Waals surface area (Å²) in [4.78, 5) is 24.2. The molecule has 0 saturated carbocycles. The number of hydrogen-bond acceptors (Lipinski definition) is 4. The molecule has 0 radical (unpaired) electrons. The summed E-state index contributed by atoms with van der Waals surface area (Å²) < 4.78 is 5.40. The number of methoxy groups -OCH3 is 1. The minimum absolute atomic E-state index is 0.0927. The number of hydrogen-bond donors (Lipinski definition) is 2. The second-order valence-electron chi connectivity index (χ2n) is 4.90. The average molecular weight is 378 g/mol. The Morgan fingerprint density at radius 1 is 1.22 bits per heavy atom. The summed E-state index contributed by atoms with van der Waals surface area (Å²) in [5, 5.41) is 12.5. The van der Waals surface area contributed by atoms with E-state index in [2.05, 4.69) is 21.2 Å². The van der Waals surface area contributed by atoms with Crippen LogP contribution in [-0.4, -0.2) is 30.1 Å². The Labute approximate surface area is 142 Å². The molecule has 1 atom stereocenters. The molecule has 0 aromatic heterocycles. The van der Waals surface area contributed by atoms with E-state index < -0.39 is 17.9 Å². The molecule has 2 aromatic carbocycles. The largest absolute Gasteiger partial charge is 0.507 e. The molecule has 0 bridgehead atoms. The molecule has 120 valence electrons. The number of rotatable bonds is 5. The summed E-state index contributed by atoms with van der Waals surface area (Å²) >= 11 is 3.21. The van der Waals surface area contributed by atoms with Gasteiger partial charge in [-0.1, -0.05) is 46.3 Å². The summed E-state index contributed by atoms with van der Waals surface area (Å²) in [7, 11) is 1.27. The van der Waals surface area contributed by atoms with Crippen LogP contribution in [-0.2, 0) is 16.0 Å². The van der Waals surface area contributed by atoms with Crippen LogP contribution in [0.15, 0.2) is 53.0 Å². The molecular weight excluding hydrogens is 362 g/mol. The Bertz CT molecular complexity index is 703. The number of carbonyl (C=O) groups is 2. The van der Waals surface area contributed by atoms with Gasteiger partial charge in [0.1, 0.15) is 11.8 Å². The lowest BCUT2D eigenvalue weighted by Crippen LogP contribution is -2.43. The Morgan fingerprint density at radius 2 is 1.91 bits per heavy atom. The highest BCUT2D eigenvalue weighted by molar-refractivity contribution is 9.10. The molecule has 0 aliphatic carbocycles. The minimum atomic E-state index is -0.835. The van der Waals surface area contributed by atoms with Gasteiger partial charge in [-0.3, -0.25) is 4.79 Å². The van der Waals surface area contributed by atoms with Crippen molar-refractivity contribution in [2.45, 2.75) is 12.5 Å². The Morgan fingerprint density at radius 3 is 2.52 bits per heavy atom. The molecular formula is C17H16BrNO4. The van der Waals surface area contributed by atoms with E-state index in [1.54, 1.807) is 6.07 Å². The highest BCUT2D eigenvalue weighted by Crippen LogP contribution is 2.22. The summed E-state index contributed by atoms with van der Waals surface area (Å²) in [6.45, 7) is 0. The van der Waals surface area contributed by atoms with E-state index in [1.807, 2.05) is 30.3 Å². The summed E-state index contributed by atoms with van der Waals surface area (Å²) in [5.41, 5.74) is 0.985. The molecule has 2 rings (SSSR count). The molecule has 6 heteroatoms. The number of ether oxygens (including phenoxy) is 1. The van der Waals surface area contributed by atoms with Crippen LogP contribution in [0.5, 0.6) is 5.75 Å². The fourth-order valence-corrected chi connectivity index (χ4v) is 2.47. The van der Waals surface area contributed by atoms with Crippen LogP contribution in [0.2, 0.25) is 0 Å². The smallest absolute Gasteiger partial charge is 0.328 e. The van der Waals surface area contributed by atoms with Crippen LogP contribution in [0, 0.1) is 0 Å². The summed E-state index contributed by atoms with van der Waals surface area (Å²) in [6.07, 6.45) is 0.302. The maximum Gasteiger partial charge on any atom is 0.328 e. The highest BCUT2D eigenvalue weighted by Gasteiger charge is 2.23. The number of aromatic hydroxyl groups is 1. The first-order chi connectivity index (χ1) is 11.0. The van der Waals surface area contributed by atoms with Gasteiger partial charge in [-0.2, -0.15) is 0 Å². The lowest BCUT2D eigenvalue weighted by molar-refractivity contribution is -0.142. The fraction of sp³-hybridized carbons (Fsp3) is 0.176. The number of carbonyl (C=O) groups excluding carboxylic acids is 2. The van der Waals surface area contributed by atoms with Crippen molar-refractivity contribution in [1.29, 1.82) is 0 Å². The van der Waals surface area contributed by atoms with Crippen LogP contribution < -0.4 is 5.32 Å². The van der Waals surface area contributed by atoms with E-state index in [4.69, 9.17) is 4.74 Å². The fourth-order valence-electron chi connectivity index (χ4n) is 2.12. The zero-order valence-corrected chi connectivity index (χ0v) is 14.0. The first-order valence-electron chi connectivity index (χ1n) is 6.92. The van der Waals surface area contributed by atoms with Gasteiger partial charge in [0.25, 0.3) is 5.91 Å². The first kappa shape index (κ1) is 17.0. The molecule has 2 N–H and O–H groups in total. The molecule has 0 unspecified atom stereocenters. The third-order valence-corrected chi connectivity index (χ3v) is 3.77. The number of phenolic OH excluding ortho intramolecular Hbond substituents is 1. The molecule has 1 amide bonds.